The number of rotatable bonds is 8. The second-order valence-corrected chi connectivity index (χ2v) is 11.5. The number of nitrogens with zero attached hydrogens (tertiary/aromatic N) is 1. The zero-order chi connectivity index (χ0) is 27.4. The first-order valence-electron chi connectivity index (χ1n) is 12.0. The quantitative estimate of drug-likeness (QED) is 0.252. The second-order valence-electron chi connectivity index (χ2n) is 9.85. The molecule has 1 saturated heterocycles. The lowest BCUT2D eigenvalue weighted by Crippen LogP contribution is -2.37. The lowest BCUT2D eigenvalue weighted by molar-refractivity contribution is -0.145. The van der Waals surface area contributed by atoms with Gasteiger partial charge in [-0.15, -0.1) is 0 Å². The Hall–Kier alpha value is -3.62. The Labute approximate surface area is 232 Å². The van der Waals surface area contributed by atoms with E-state index in [4.69, 9.17) is 21.7 Å². The van der Waals surface area contributed by atoms with Crippen LogP contribution in [0.15, 0.2) is 77.7 Å². The number of amides is 1. The molecule has 8 heteroatoms. The maximum atomic E-state index is 13.2. The molecule has 6 nitrogen and oxygen atoms in total. The van der Waals surface area contributed by atoms with Crippen molar-refractivity contribution < 1.29 is 24.2 Å². The van der Waals surface area contributed by atoms with Gasteiger partial charge in [-0.05, 0) is 45.9 Å². The van der Waals surface area contributed by atoms with E-state index in [-0.39, 0.29) is 9.74 Å². The van der Waals surface area contributed by atoms with Crippen molar-refractivity contribution in [2.75, 3.05) is 7.11 Å². The molecule has 196 valence electrons. The van der Waals surface area contributed by atoms with Gasteiger partial charge in [0.1, 0.15) is 10.9 Å². The summed E-state index contributed by atoms with van der Waals surface area (Å²) in [6, 6.07) is 21.1. The van der Waals surface area contributed by atoms with Crippen LogP contribution in [0.1, 0.15) is 49.1 Å². The zero-order valence-corrected chi connectivity index (χ0v) is 23.3. The Balaban J connectivity index is 1.51. The molecule has 1 N–H and O–H groups in total. The first-order valence-corrected chi connectivity index (χ1v) is 13.3. The van der Waals surface area contributed by atoms with Crippen molar-refractivity contribution in [2.45, 2.75) is 38.8 Å². The molecule has 0 aliphatic carbocycles. The molecular weight excluding hydrogens is 518 g/mol. The number of methoxy groups -OCH3 is 1. The molecule has 1 heterocycles. The van der Waals surface area contributed by atoms with E-state index >= 15 is 0 Å². The van der Waals surface area contributed by atoms with Gasteiger partial charge in [-0.1, -0.05) is 105 Å². The van der Waals surface area contributed by atoms with E-state index in [9.17, 15) is 14.7 Å². The largest absolute Gasteiger partial charge is 0.493 e. The van der Waals surface area contributed by atoms with Crippen LogP contribution in [0.25, 0.3) is 6.08 Å². The Morgan fingerprint density at radius 1 is 1.05 bits per heavy atom. The van der Waals surface area contributed by atoms with Crippen molar-refractivity contribution in [1.29, 1.82) is 0 Å². The normalized spacial score (nSPS) is 15.6. The van der Waals surface area contributed by atoms with E-state index in [0.29, 0.717) is 34.1 Å². The first-order chi connectivity index (χ1) is 18.1. The number of aliphatic carboxylic acids is 1. The summed E-state index contributed by atoms with van der Waals surface area (Å²) in [5.41, 5.74) is 3.57. The molecule has 1 unspecified atom stereocenters. The van der Waals surface area contributed by atoms with E-state index in [2.05, 4.69) is 45.0 Å². The van der Waals surface area contributed by atoms with E-state index in [1.807, 2.05) is 6.07 Å². The smallest absolute Gasteiger partial charge is 0.331 e. The number of hydrogen-bond acceptors (Lipinski definition) is 6. The number of carboxylic acids is 1. The first kappa shape index (κ1) is 27.4. The molecule has 1 atom stereocenters. The lowest BCUT2D eigenvalue weighted by Gasteiger charge is -2.23. The Bertz CT molecular complexity index is 1380. The van der Waals surface area contributed by atoms with Gasteiger partial charge in [-0.3, -0.25) is 9.69 Å². The van der Waals surface area contributed by atoms with Crippen molar-refractivity contribution >= 4 is 46.3 Å². The molecule has 38 heavy (non-hydrogen) atoms. The van der Waals surface area contributed by atoms with Gasteiger partial charge in [0, 0.05) is 0 Å². The Morgan fingerprint density at radius 3 is 2.34 bits per heavy atom. The molecule has 4 rings (SSSR count). The Kier molecular flexibility index (Phi) is 8.23. The maximum Gasteiger partial charge on any atom is 0.331 e. The summed E-state index contributed by atoms with van der Waals surface area (Å²) in [4.78, 5) is 26.8. The summed E-state index contributed by atoms with van der Waals surface area (Å²) < 4.78 is 11.8. The van der Waals surface area contributed by atoms with Gasteiger partial charge >= 0.3 is 5.97 Å². The highest BCUT2D eigenvalue weighted by Crippen LogP contribution is 2.39. The van der Waals surface area contributed by atoms with Crippen LogP contribution in [0.5, 0.6) is 11.5 Å². The third kappa shape index (κ3) is 6.09. The molecular formula is C30H29NO5S2. The summed E-state index contributed by atoms with van der Waals surface area (Å²) in [6.45, 7) is 6.92. The van der Waals surface area contributed by atoms with Crippen LogP contribution in [-0.2, 0) is 21.6 Å². The molecule has 0 aromatic heterocycles. The number of carbonyl (C=O) groups is 2. The molecule has 0 bridgehead atoms. The van der Waals surface area contributed by atoms with Gasteiger partial charge in [-0.2, -0.15) is 0 Å². The molecule has 3 aromatic rings. The average molecular weight is 548 g/mol. The summed E-state index contributed by atoms with van der Waals surface area (Å²) in [7, 11) is 1.56. The standard InChI is InChI=1S/C30H29NO5S2/c1-30(2,3)22-13-10-19(11-14-22)18-36-23-15-12-20(16-24(23)35-4)17-25-27(32)31(29(37)38-25)26(28(33)34)21-8-6-5-7-9-21/h5-17,26H,18H2,1-4H3,(H,33,34)/b25-17+. The predicted octanol–water partition coefficient (Wildman–Crippen LogP) is 6.60. The Morgan fingerprint density at radius 2 is 1.74 bits per heavy atom. The molecule has 0 radical (unpaired) electrons. The monoisotopic (exact) mass is 547 g/mol. The third-order valence-electron chi connectivity index (χ3n) is 6.13. The highest BCUT2D eigenvalue weighted by molar-refractivity contribution is 8.26. The number of carbonyl (C=O) groups excluding carboxylic acids is 1. The average Bonchev–Trinajstić information content (AvgIpc) is 3.16. The summed E-state index contributed by atoms with van der Waals surface area (Å²) in [6.07, 6.45) is 1.68. The van der Waals surface area contributed by atoms with Gasteiger partial charge in [0.15, 0.2) is 17.5 Å². The molecule has 1 fully saturated rings. The minimum atomic E-state index is -1.20. The van der Waals surface area contributed by atoms with Crippen molar-refractivity contribution in [3.63, 3.8) is 0 Å². The van der Waals surface area contributed by atoms with Gasteiger partial charge in [-0.25, -0.2) is 4.79 Å². The van der Waals surface area contributed by atoms with Crippen LogP contribution in [-0.4, -0.2) is 33.3 Å². The fourth-order valence-corrected chi connectivity index (χ4v) is 5.36. The number of thiocarbonyl (C=S) groups is 1. The number of benzene rings is 3. The highest BCUT2D eigenvalue weighted by Gasteiger charge is 2.41. The van der Waals surface area contributed by atoms with Crippen LogP contribution in [0, 0.1) is 0 Å². The number of carboxylic acid groups (broad SMARTS) is 1. The van der Waals surface area contributed by atoms with Crippen molar-refractivity contribution in [1.82, 2.24) is 4.90 Å². The summed E-state index contributed by atoms with van der Waals surface area (Å²) >= 11 is 6.48. The van der Waals surface area contributed by atoms with Crippen LogP contribution in [0.4, 0.5) is 0 Å². The van der Waals surface area contributed by atoms with E-state index in [1.165, 1.54) is 5.56 Å². The van der Waals surface area contributed by atoms with Gasteiger partial charge < -0.3 is 14.6 Å². The van der Waals surface area contributed by atoms with Crippen LogP contribution < -0.4 is 9.47 Å². The molecule has 3 aromatic carbocycles. The molecule has 1 aliphatic rings. The fraction of sp³-hybridized carbons (Fsp3) is 0.233. The summed E-state index contributed by atoms with van der Waals surface area (Å²) in [5.74, 6) is -0.500. The minimum absolute atomic E-state index is 0.0861. The van der Waals surface area contributed by atoms with Crippen molar-refractivity contribution in [2.24, 2.45) is 0 Å². The molecule has 0 saturated carbocycles. The van der Waals surface area contributed by atoms with E-state index in [1.54, 1.807) is 55.7 Å². The molecule has 1 aliphatic heterocycles. The van der Waals surface area contributed by atoms with Gasteiger partial charge in [0.25, 0.3) is 5.91 Å². The van der Waals surface area contributed by atoms with Crippen LogP contribution >= 0.6 is 24.0 Å². The SMILES string of the molecule is COc1cc(/C=C2/SC(=S)N(C(C(=O)O)c3ccccc3)C2=O)ccc1OCc1ccc(C(C)(C)C)cc1. The predicted molar refractivity (Wildman–Crippen MR) is 154 cm³/mol. The second kappa shape index (κ2) is 11.4. The minimum Gasteiger partial charge on any atom is -0.493 e. The van der Waals surface area contributed by atoms with Crippen molar-refractivity contribution in [3.05, 3.63) is 100.0 Å². The molecule has 1 amide bonds. The zero-order valence-electron chi connectivity index (χ0n) is 21.6. The highest BCUT2D eigenvalue weighted by atomic mass is 32.2. The molecule has 0 spiro atoms. The fourth-order valence-electron chi connectivity index (χ4n) is 4.05. The number of thioether (sulfide) groups is 1. The van der Waals surface area contributed by atoms with Crippen LogP contribution in [0.3, 0.4) is 0 Å². The maximum absolute atomic E-state index is 13.2. The summed E-state index contributed by atoms with van der Waals surface area (Å²) in [5, 5.41) is 9.87. The topological polar surface area (TPSA) is 76.1 Å². The van der Waals surface area contributed by atoms with E-state index in [0.717, 1.165) is 22.2 Å². The van der Waals surface area contributed by atoms with Gasteiger partial charge in [0.2, 0.25) is 0 Å². The van der Waals surface area contributed by atoms with Crippen LogP contribution in [0.2, 0.25) is 0 Å². The van der Waals surface area contributed by atoms with E-state index < -0.39 is 17.9 Å². The third-order valence-corrected chi connectivity index (χ3v) is 7.46. The van der Waals surface area contributed by atoms with Crippen molar-refractivity contribution in [3.8, 4) is 11.5 Å². The van der Waals surface area contributed by atoms with Gasteiger partial charge in [0.05, 0.1) is 12.0 Å². The lowest BCUT2D eigenvalue weighted by atomic mass is 9.87. The number of hydrogen-bond donors (Lipinski definition) is 1. The number of ether oxygens (including phenoxy) is 2.